The summed E-state index contributed by atoms with van der Waals surface area (Å²) in [6, 6.07) is 3.79. The van der Waals surface area contributed by atoms with Crippen molar-refractivity contribution in [1.29, 1.82) is 0 Å². The van der Waals surface area contributed by atoms with Crippen LogP contribution in [0.1, 0.15) is 5.56 Å². The van der Waals surface area contributed by atoms with Crippen LogP contribution in [0, 0.1) is 24.1 Å². The van der Waals surface area contributed by atoms with Gasteiger partial charge < -0.3 is 14.3 Å². The number of fused-ring (bicyclic) bond motifs is 2. The molecule has 0 amide bonds. The van der Waals surface area contributed by atoms with E-state index in [1.807, 2.05) is 0 Å². The van der Waals surface area contributed by atoms with Crippen molar-refractivity contribution < 1.29 is 31.9 Å². The van der Waals surface area contributed by atoms with Crippen molar-refractivity contribution in [2.75, 3.05) is 26.3 Å². The number of carbonyl (C=O) groups is 1. The van der Waals surface area contributed by atoms with E-state index < -0.39 is 33.1 Å². The number of hydrogen-bond acceptors (Lipinski definition) is 5. The summed E-state index contributed by atoms with van der Waals surface area (Å²) in [6.07, 6.45) is 0. The predicted octanol–water partition coefficient (Wildman–Crippen LogP) is 1.60. The summed E-state index contributed by atoms with van der Waals surface area (Å²) in [4.78, 5) is 11.7. The lowest BCUT2D eigenvalue weighted by Gasteiger charge is -2.21. The van der Waals surface area contributed by atoms with Crippen LogP contribution in [0.15, 0.2) is 27.7 Å². The Kier molecular flexibility index (Phi) is 3.47. The molecule has 7 nitrogen and oxygen atoms in total. The van der Waals surface area contributed by atoms with Gasteiger partial charge in [0.2, 0.25) is 5.09 Å². The van der Waals surface area contributed by atoms with Crippen molar-refractivity contribution in [2.45, 2.75) is 12.0 Å². The quantitative estimate of drug-likeness (QED) is 0.883. The Morgan fingerprint density at radius 3 is 2.88 bits per heavy atom. The van der Waals surface area contributed by atoms with Crippen molar-refractivity contribution >= 4 is 27.0 Å². The zero-order valence-corrected chi connectivity index (χ0v) is 14.2. The second-order valence-corrected chi connectivity index (χ2v) is 8.46. The highest BCUT2D eigenvalue weighted by atomic mass is 32.2. The van der Waals surface area contributed by atoms with E-state index in [0.29, 0.717) is 10.9 Å². The molecule has 2 aliphatic rings. The average Bonchev–Trinajstić information content (AvgIpc) is 3.19. The maximum absolute atomic E-state index is 13.4. The Bertz CT molecular complexity index is 984. The van der Waals surface area contributed by atoms with Crippen LogP contribution in [-0.2, 0) is 19.6 Å². The van der Waals surface area contributed by atoms with Gasteiger partial charge >= 0.3 is 5.97 Å². The first-order valence-corrected chi connectivity index (χ1v) is 9.20. The summed E-state index contributed by atoms with van der Waals surface area (Å²) in [5.74, 6) is -1.95. The van der Waals surface area contributed by atoms with Gasteiger partial charge in [-0.25, -0.2) is 12.8 Å². The lowest BCUT2D eigenvalue weighted by molar-refractivity contribution is -0.149. The molecule has 0 spiro atoms. The van der Waals surface area contributed by atoms with E-state index in [1.54, 1.807) is 6.92 Å². The maximum atomic E-state index is 13.4. The minimum absolute atomic E-state index is 0.0106. The summed E-state index contributed by atoms with van der Waals surface area (Å²) in [5.41, 5.74) is -0.639. The summed E-state index contributed by atoms with van der Waals surface area (Å²) in [7, 11) is -4.03. The van der Waals surface area contributed by atoms with E-state index in [2.05, 4.69) is 0 Å². The Balaban J connectivity index is 1.76. The normalized spacial score (nSPS) is 27.0. The molecule has 0 saturated carbocycles. The number of carboxylic acids is 1. The molecular formula is C16H16FNO6S. The number of benzene rings is 1. The van der Waals surface area contributed by atoms with E-state index in [9.17, 15) is 22.7 Å². The third-order valence-corrected chi connectivity index (χ3v) is 7.01. The molecule has 2 aromatic rings. The van der Waals surface area contributed by atoms with Gasteiger partial charge in [0.15, 0.2) is 0 Å². The first-order valence-electron chi connectivity index (χ1n) is 7.76. The van der Waals surface area contributed by atoms with Crippen LogP contribution in [-0.4, -0.2) is 50.1 Å². The summed E-state index contributed by atoms with van der Waals surface area (Å²) < 4.78 is 51.3. The zero-order chi connectivity index (χ0) is 18.0. The second-order valence-electron chi connectivity index (χ2n) is 6.63. The fourth-order valence-electron chi connectivity index (χ4n) is 3.71. The highest BCUT2D eigenvalue weighted by molar-refractivity contribution is 7.89. The predicted molar refractivity (Wildman–Crippen MR) is 84.0 cm³/mol. The van der Waals surface area contributed by atoms with Gasteiger partial charge in [0.25, 0.3) is 10.0 Å². The maximum Gasteiger partial charge on any atom is 0.313 e. The Morgan fingerprint density at radius 1 is 1.44 bits per heavy atom. The molecule has 25 heavy (non-hydrogen) atoms. The molecule has 2 fully saturated rings. The van der Waals surface area contributed by atoms with Crippen molar-refractivity contribution in [3.63, 3.8) is 0 Å². The Morgan fingerprint density at radius 2 is 2.20 bits per heavy atom. The van der Waals surface area contributed by atoms with Crippen molar-refractivity contribution in [1.82, 2.24) is 4.31 Å². The Hall–Kier alpha value is -1.97. The van der Waals surface area contributed by atoms with Crippen LogP contribution in [0.25, 0.3) is 11.0 Å². The van der Waals surface area contributed by atoms with Crippen LogP contribution in [0.3, 0.4) is 0 Å². The molecule has 0 unspecified atom stereocenters. The number of halogens is 1. The smallest absolute Gasteiger partial charge is 0.313 e. The SMILES string of the molecule is Cc1c(S(=O)(=O)N2C[C@@H]3COC[C@]3(C(=O)O)C2)oc2ccc(F)cc12. The molecule has 0 aliphatic carbocycles. The zero-order valence-electron chi connectivity index (χ0n) is 13.4. The molecule has 1 aromatic carbocycles. The van der Waals surface area contributed by atoms with Crippen LogP contribution in [0.2, 0.25) is 0 Å². The number of rotatable bonds is 3. The van der Waals surface area contributed by atoms with E-state index in [4.69, 9.17) is 9.15 Å². The van der Waals surface area contributed by atoms with Gasteiger partial charge in [-0.2, -0.15) is 4.31 Å². The highest BCUT2D eigenvalue weighted by Crippen LogP contribution is 2.44. The van der Waals surface area contributed by atoms with Crippen molar-refractivity contribution in [2.24, 2.45) is 11.3 Å². The van der Waals surface area contributed by atoms with E-state index >= 15 is 0 Å². The third kappa shape index (κ3) is 2.22. The third-order valence-electron chi connectivity index (χ3n) is 5.20. The van der Waals surface area contributed by atoms with E-state index in [0.717, 1.165) is 4.31 Å². The molecule has 2 saturated heterocycles. The Labute approximate surface area is 143 Å². The van der Waals surface area contributed by atoms with Crippen molar-refractivity contribution in [3.05, 3.63) is 29.6 Å². The molecule has 4 rings (SSSR count). The standard InChI is InChI=1S/C16H16FNO6S/c1-9-12-4-11(17)2-3-13(12)24-14(9)25(21,22)18-5-10-6-23-8-16(10,7-18)15(19)20/h2-4,10H,5-8H2,1H3,(H,19,20)/t10-,16-/m1/s1. The van der Waals surface area contributed by atoms with Gasteiger partial charge in [0.1, 0.15) is 16.8 Å². The summed E-state index contributed by atoms with van der Waals surface area (Å²) in [6.45, 7) is 1.64. The number of furan rings is 1. The monoisotopic (exact) mass is 369 g/mol. The number of aryl methyl sites for hydroxylation is 1. The lowest BCUT2D eigenvalue weighted by Crippen LogP contribution is -2.40. The molecule has 0 bridgehead atoms. The topological polar surface area (TPSA) is 97.0 Å². The summed E-state index contributed by atoms with van der Waals surface area (Å²) in [5, 5.41) is 9.68. The minimum Gasteiger partial charge on any atom is -0.481 e. The fourth-order valence-corrected chi connectivity index (χ4v) is 5.41. The second kappa shape index (κ2) is 5.26. The molecule has 1 aromatic heterocycles. The number of nitrogens with zero attached hydrogens (tertiary/aromatic N) is 1. The van der Waals surface area contributed by atoms with Crippen LogP contribution in [0.4, 0.5) is 4.39 Å². The number of carboxylic acid groups (broad SMARTS) is 1. The first kappa shape index (κ1) is 16.5. The first-order chi connectivity index (χ1) is 11.8. The molecule has 9 heteroatoms. The molecule has 134 valence electrons. The molecule has 2 atom stereocenters. The van der Waals surface area contributed by atoms with Gasteiger partial charge in [-0.1, -0.05) is 0 Å². The van der Waals surface area contributed by atoms with E-state index in [-0.39, 0.29) is 37.0 Å². The number of ether oxygens (including phenoxy) is 1. The fraction of sp³-hybridized carbons (Fsp3) is 0.438. The lowest BCUT2D eigenvalue weighted by atomic mass is 9.81. The number of sulfonamides is 1. The molecule has 2 aliphatic heterocycles. The number of aliphatic carboxylic acids is 1. The largest absolute Gasteiger partial charge is 0.481 e. The van der Waals surface area contributed by atoms with Crippen LogP contribution >= 0.6 is 0 Å². The highest BCUT2D eigenvalue weighted by Gasteiger charge is 2.59. The number of hydrogen-bond donors (Lipinski definition) is 1. The van der Waals surface area contributed by atoms with Gasteiger partial charge in [0, 0.05) is 30.0 Å². The molecular weight excluding hydrogens is 353 g/mol. The molecule has 0 radical (unpaired) electrons. The van der Waals surface area contributed by atoms with Crippen LogP contribution in [0.5, 0.6) is 0 Å². The average molecular weight is 369 g/mol. The van der Waals surface area contributed by atoms with Gasteiger partial charge in [-0.15, -0.1) is 0 Å². The minimum atomic E-state index is -4.03. The van der Waals surface area contributed by atoms with Gasteiger partial charge in [-0.3, -0.25) is 4.79 Å². The van der Waals surface area contributed by atoms with Gasteiger partial charge in [-0.05, 0) is 25.1 Å². The summed E-state index contributed by atoms with van der Waals surface area (Å²) >= 11 is 0. The van der Waals surface area contributed by atoms with Crippen molar-refractivity contribution in [3.8, 4) is 0 Å². The van der Waals surface area contributed by atoms with Gasteiger partial charge in [0.05, 0.1) is 13.2 Å². The molecule has 1 N–H and O–H groups in total. The van der Waals surface area contributed by atoms with E-state index in [1.165, 1.54) is 18.2 Å². The van der Waals surface area contributed by atoms with Crippen LogP contribution < -0.4 is 0 Å². The molecule has 3 heterocycles.